The van der Waals surface area contributed by atoms with Gasteiger partial charge in [0.25, 0.3) is 0 Å². The van der Waals surface area contributed by atoms with Crippen LogP contribution in [0.3, 0.4) is 0 Å². The molecule has 0 saturated carbocycles. The third kappa shape index (κ3) is 2.49. The first-order valence-electron chi connectivity index (χ1n) is 6.76. The molecule has 0 aromatic carbocycles. The van der Waals surface area contributed by atoms with E-state index in [1.54, 1.807) is 5.57 Å². The summed E-state index contributed by atoms with van der Waals surface area (Å²) in [5, 5.41) is 3.49. The minimum atomic E-state index is 0.0327. The SMILES string of the molecule is CNC(C1=CCCCCC1)C1(C)CCCO1. The van der Waals surface area contributed by atoms with Crippen LogP contribution in [0.2, 0.25) is 0 Å². The molecule has 0 radical (unpaired) electrons. The number of hydrogen-bond acceptors (Lipinski definition) is 2. The van der Waals surface area contributed by atoms with Crippen LogP contribution in [0.4, 0.5) is 0 Å². The number of rotatable bonds is 3. The van der Waals surface area contributed by atoms with Crippen molar-refractivity contribution >= 4 is 0 Å². The summed E-state index contributed by atoms with van der Waals surface area (Å²) >= 11 is 0. The Morgan fingerprint density at radius 3 is 2.88 bits per heavy atom. The first kappa shape index (κ1) is 12.1. The molecule has 92 valence electrons. The molecule has 1 saturated heterocycles. The average molecular weight is 223 g/mol. The minimum absolute atomic E-state index is 0.0327. The van der Waals surface area contributed by atoms with Crippen LogP contribution >= 0.6 is 0 Å². The van der Waals surface area contributed by atoms with Gasteiger partial charge in [0, 0.05) is 6.61 Å². The fraction of sp³-hybridized carbons (Fsp3) is 0.857. The van der Waals surface area contributed by atoms with Crippen LogP contribution in [-0.2, 0) is 4.74 Å². The lowest BCUT2D eigenvalue weighted by Crippen LogP contribution is -2.48. The maximum Gasteiger partial charge on any atom is 0.0845 e. The van der Waals surface area contributed by atoms with Gasteiger partial charge in [-0.3, -0.25) is 0 Å². The Kier molecular flexibility index (Phi) is 4.04. The molecule has 16 heavy (non-hydrogen) atoms. The van der Waals surface area contributed by atoms with Gasteiger partial charge in [-0.05, 0) is 52.5 Å². The van der Waals surface area contributed by atoms with Gasteiger partial charge < -0.3 is 10.1 Å². The normalized spacial score (nSPS) is 33.2. The Bertz CT molecular complexity index is 253. The van der Waals surface area contributed by atoms with Gasteiger partial charge in [0.1, 0.15) is 0 Å². The molecule has 2 rings (SSSR count). The molecular weight excluding hydrogens is 198 g/mol. The highest BCUT2D eigenvalue weighted by Gasteiger charge is 2.39. The summed E-state index contributed by atoms with van der Waals surface area (Å²) in [4.78, 5) is 0. The summed E-state index contributed by atoms with van der Waals surface area (Å²) in [6, 6.07) is 0.424. The molecule has 0 amide bonds. The maximum absolute atomic E-state index is 5.98. The van der Waals surface area contributed by atoms with Crippen molar-refractivity contribution in [2.75, 3.05) is 13.7 Å². The van der Waals surface area contributed by atoms with Gasteiger partial charge in [-0.15, -0.1) is 0 Å². The van der Waals surface area contributed by atoms with E-state index in [4.69, 9.17) is 4.74 Å². The van der Waals surface area contributed by atoms with E-state index >= 15 is 0 Å². The first-order valence-corrected chi connectivity index (χ1v) is 6.76. The highest BCUT2D eigenvalue weighted by Crippen LogP contribution is 2.34. The largest absolute Gasteiger partial charge is 0.373 e. The average Bonchev–Trinajstić information content (AvgIpc) is 2.54. The molecule has 0 aromatic rings. The zero-order chi connectivity index (χ0) is 11.4. The fourth-order valence-electron chi connectivity index (χ4n) is 3.21. The van der Waals surface area contributed by atoms with E-state index in [2.05, 4.69) is 25.4 Å². The van der Waals surface area contributed by atoms with Crippen LogP contribution in [0, 0.1) is 0 Å². The monoisotopic (exact) mass is 223 g/mol. The van der Waals surface area contributed by atoms with Crippen LogP contribution in [0.5, 0.6) is 0 Å². The van der Waals surface area contributed by atoms with E-state index in [1.165, 1.54) is 44.9 Å². The predicted octanol–water partition coefficient (Wildman–Crippen LogP) is 3.03. The third-order valence-electron chi connectivity index (χ3n) is 4.10. The summed E-state index contributed by atoms with van der Waals surface area (Å²) in [5.41, 5.74) is 1.62. The van der Waals surface area contributed by atoms with Crippen LogP contribution in [-0.4, -0.2) is 25.3 Å². The second-order valence-electron chi connectivity index (χ2n) is 5.36. The zero-order valence-corrected chi connectivity index (χ0v) is 10.7. The molecule has 0 bridgehead atoms. The van der Waals surface area contributed by atoms with Crippen LogP contribution in [0.1, 0.15) is 51.9 Å². The van der Waals surface area contributed by atoms with Gasteiger partial charge in [0.2, 0.25) is 0 Å². The lowest BCUT2D eigenvalue weighted by molar-refractivity contribution is -0.000670. The van der Waals surface area contributed by atoms with Crippen molar-refractivity contribution in [2.45, 2.75) is 63.5 Å². The topological polar surface area (TPSA) is 21.3 Å². The van der Waals surface area contributed by atoms with E-state index in [1.807, 2.05) is 0 Å². The lowest BCUT2D eigenvalue weighted by Gasteiger charge is -2.35. The van der Waals surface area contributed by atoms with E-state index in [0.29, 0.717) is 6.04 Å². The first-order chi connectivity index (χ1) is 7.76. The molecule has 2 nitrogen and oxygen atoms in total. The van der Waals surface area contributed by atoms with Crippen molar-refractivity contribution in [1.82, 2.24) is 5.32 Å². The van der Waals surface area contributed by atoms with Gasteiger partial charge in [0.05, 0.1) is 11.6 Å². The van der Waals surface area contributed by atoms with Crippen LogP contribution < -0.4 is 5.32 Å². The summed E-state index contributed by atoms with van der Waals surface area (Å²) in [6.45, 7) is 3.20. The number of allylic oxidation sites excluding steroid dienone is 1. The van der Waals surface area contributed by atoms with Crippen molar-refractivity contribution in [3.63, 3.8) is 0 Å². The quantitative estimate of drug-likeness (QED) is 0.743. The van der Waals surface area contributed by atoms with Crippen molar-refractivity contribution in [3.8, 4) is 0 Å². The smallest absolute Gasteiger partial charge is 0.0845 e. The molecule has 1 N–H and O–H groups in total. The standard InChI is InChI=1S/C14H25NO/c1-14(10-7-11-16-14)13(15-2)12-8-5-3-4-6-9-12/h8,13,15H,3-7,9-11H2,1-2H3. The highest BCUT2D eigenvalue weighted by molar-refractivity contribution is 5.18. The van der Waals surface area contributed by atoms with E-state index in [-0.39, 0.29) is 5.60 Å². The molecule has 2 atom stereocenters. The summed E-state index contributed by atoms with van der Waals surface area (Å²) < 4.78 is 5.98. The van der Waals surface area contributed by atoms with Crippen molar-refractivity contribution in [3.05, 3.63) is 11.6 Å². The predicted molar refractivity (Wildman–Crippen MR) is 67.6 cm³/mol. The Morgan fingerprint density at radius 2 is 2.19 bits per heavy atom. The second kappa shape index (κ2) is 5.33. The second-order valence-corrected chi connectivity index (χ2v) is 5.36. The summed E-state index contributed by atoms with van der Waals surface area (Å²) in [7, 11) is 2.07. The van der Waals surface area contributed by atoms with Gasteiger partial charge in [-0.2, -0.15) is 0 Å². The Balaban J connectivity index is 2.11. The Hall–Kier alpha value is -0.340. The molecule has 2 heteroatoms. The number of ether oxygens (including phenoxy) is 1. The Labute approximate surface area is 99.4 Å². The number of nitrogens with one attached hydrogen (secondary N) is 1. The van der Waals surface area contributed by atoms with Gasteiger partial charge >= 0.3 is 0 Å². The molecular formula is C14H25NO. The lowest BCUT2D eigenvalue weighted by atomic mass is 9.85. The highest BCUT2D eigenvalue weighted by atomic mass is 16.5. The van der Waals surface area contributed by atoms with E-state index in [0.717, 1.165) is 6.61 Å². The summed E-state index contributed by atoms with van der Waals surface area (Å²) in [6.07, 6.45) is 11.5. The van der Waals surface area contributed by atoms with Crippen LogP contribution in [0.25, 0.3) is 0 Å². The summed E-state index contributed by atoms with van der Waals surface area (Å²) in [5.74, 6) is 0. The fourth-order valence-corrected chi connectivity index (χ4v) is 3.21. The molecule has 1 fully saturated rings. The van der Waals surface area contributed by atoms with Gasteiger partial charge in [0.15, 0.2) is 0 Å². The molecule has 0 spiro atoms. The molecule has 2 unspecified atom stereocenters. The zero-order valence-electron chi connectivity index (χ0n) is 10.7. The van der Waals surface area contributed by atoms with Crippen molar-refractivity contribution < 1.29 is 4.74 Å². The molecule has 1 heterocycles. The third-order valence-corrected chi connectivity index (χ3v) is 4.10. The molecule has 2 aliphatic rings. The Morgan fingerprint density at radius 1 is 1.31 bits per heavy atom. The van der Waals surface area contributed by atoms with Crippen LogP contribution in [0.15, 0.2) is 11.6 Å². The molecule has 1 aliphatic heterocycles. The number of likely N-dealkylation sites (N-methyl/N-ethyl adjacent to an activating group) is 1. The molecule has 1 aliphatic carbocycles. The maximum atomic E-state index is 5.98. The number of hydrogen-bond donors (Lipinski definition) is 1. The molecule has 0 aromatic heterocycles. The van der Waals surface area contributed by atoms with Crippen molar-refractivity contribution in [2.24, 2.45) is 0 Å². The van der Waals surface area contributed by atoms with E-state index in [9.17, 15) is 0 Å². The minimum Gasteiger partial charge on any atom is -0.373 e. The van der Waals surface area contributed by atoms with Gasteiger partial charge in [-0.1, -0.05) is 18.1 Å². The van der Waals surface area contributed by atoms with E-state index < -0.39 is 0 Å². The van der Waals surface area contributed by atoms with Crippen molar-refractivity contribution in [1.29, 1.82) is 0 Å². The van der Waals surface area contributed by atoms with Gasteiger partial charge in [-0.25, -0.2) is 0 Å².